The lowest BCUT2D eigenvalue weighted by Gasteiger charge is -2.16. The molecule has 1 rings (SSSR count). The van der Waals surface area contributed by atoms with E-state index in [1.165, 1.54) is 0 Å². The first-order chi connectivity index (χ1) is 4.61. The third-order valence-corrected chi connectivity index (χ3v) is 1.37. The molecular formula is C8H11NO. The van der Waals surface area contributed by atoms with E-state index in [0.29, 0.717) is 0 Å². The van der Waals surface area contributed by atoms with Crippen LogP contribution in [0.15, 0.2) is 24.5 Å². The zero-order chi connectivity index (χ0) is 7.61. The van der Waals surface area contributed by atoms with Crippen molar-refractivity contribution in [2.45, 2.75) is 19.4 Å². The molecule has 0 amide bonds. The van der Waals surface area contributed by atoms with Crippen molar-refractivity contribution >= 4 is 0 Å². The average molecular weight is 137 g/mol. The molecule has 0 bridgehead atoms. The highest BCUT2D eigenvalue weighted by Gasteiger charge is 2.14. The number of aromatic nitrogens is 1. The second-order valence-corrected chi connectivity index (χ2v) is 2.80. The van der Waals surface area contributed by atoms with Crippen molar-refractivity contribution in [2.75, 3.05) is 0 Å². The van der Waals surface area contributed by atoms with Gasteiger partial charge in [0.2, 0.25) is 0 Å². The molecule has 54 valence electrons. The van der Waals surface area contributed by atoms with Gasteiger partial charge in [0.1, 0.15) is 0 Å². The highest BCUT2D eigenvalue weighted by atomic mass is 16.3. The lowest BCUT2D eigenvalue weighted by molar-refractivity contribution is 0.0782. The van der Waals surface area contributed by atoms with Gasteiger partial charge in [-0.3, -0.25) is 4.98 Å². The third kappa shape index (κ3) is 1.54. The van der Waals surface area contributed by atoms with Crippen molar-refractivity contribution in [1.82, 2.24) is 4.98 Å². The Balaban J connectivity index is 2.97. The lowest BCUT2D eigenvalue weighted by Crippen LogP contribution is -2.15. The Bertz CT molecular complexity index is 200. The number of nitrogens with zero attached hydrogens (tertiary/aromatic N) is 1. The first-order valence-electron chi connectivity index (χ1n) is 3.23. The molecule has 0 aliphatic rings. The van der Waals surface area contributed by atoms with E-state index in [0.717, 1.165) is 5.56 Å². The summed E-state index contributed by atoms with van der Waals surface area (Å²) in [6.07, 6.45) is 3.36. The second kappa shape index (κ2) is 2.39. The molecule has 0 spiro atoms. The molecule has 10 heavy (non-hydrogen) atoms. The Kier molecular flexibility index (Phi) is 1.72. The van der Waals surface area contributed by atoms with Gasteiger partial charge < -0.3 is 5.11 Å². The molecule has 0 unspecified atom stereocenters. The molecule has 2 heteroatoms. The summed E-state index contributed by atoms with van der Waals surface area (Å²) in [5.74, 6) is 0. The van der Waals surface area contributed by atoms with Crippen LogP contribution in [-0.4, -0.2) is 10.1 Å². The van der Waals surface area contributed by atoms with E-state index in [1.807, 2.05) is 12.1 Å². The van der Waals surface area contributed by atoms with Crippen molar-refractivity contribution < 1.29 is 5.11 Å². The lowest BCUT2D eigenvalue weighted by atomic mass is 10.0. The van der Waals surface area contributed by atoms with Gasteiger partial charge in [-0.2, -0.15) is 0 Å². The Labute approximate surface area is 60.5 Å². The fourth-order valence-electron chi connectivity index (χ4n) is 0.725. The molecule has 0 aromatic carbocycles. The van der Waals surface area contributed by atoms with Crippen molar-refractivity contribution in [3.63, 3.8) is 0 Å². The zero-order valence-electron chi connectivity index (χ0n) is 6.20. The van der Waals surface area contributed by atoms with Gasteiger partial charge in [-0.1, -0.05) is 6.07 Å². The van der Waals surface area contributed by atoms with E-state index >= 15 is 0 Å². The molecule has 0 aliphatic carbocycles. The highest BCUT2D eigenvalue weighted by molar-refractivity contribution is 5.15. The summed E-state index contributed by atoms with van der Waals surface area (Å²) in [4.78, 5) is 3.89. The van der Waals surface area contributed by atoms with Gasteiger partial charge in [0.15, 0.2) is 0 Å². The maximum atomic E-state index is 9.45. The van der Waals surface area contributed by atoms with E-state index in [-0.39, 0.29) is 0 Å². The van der Waals surface area contributed by atoms with Crippen molar-refractivity contribution in [1.29, 1.82) is 0 Å². The van der Waals surface area contributed by atoms with E-state index < -0.39 is 5.60 Å². The highest BCUT2D eigenvalue weighted by Crippen LogP contribution is 2.16. The van der Waals surface area contributed by atoms with E-state index in [1.54, 1.807) is 26.2 Å². The van der Waals surface area contributed by atoms with Crippen molar-refractivity contribution in [3.8, 4) is 0 Å². The molecule has 2 nitrogen and oxygen atoms in total. The molecular weight excluding hydrogens is 126 g/mol. The first kappa shape index (κ1) is 7.22. The Morgan fingerprint density at radius 3 is 2.50 bits per heavy atom. The average Bonchev–Trinajstić information content (AvgIpc) is 1.88. The molecule has 1 aromatic heterocycles. The van der Waals surface area contributed by atoms with Crippen LogP contribution in [0.25, 0.3) is 0 Å². The predicted octanol–water partition coefficient (Wildman–Crippen LogP) is 1.31. The maximum absolute atomic E-state index is 9.45. The third-order valence-electron chi connectivity index (χ3n) is 1.37. The molecule has 0 atom stereocenters. The van der Waals surface area contributed by atoms with Gasteiger partial charge in [-0.25, -0.2) is 0 Å². The monoisotopic (exact) mass is 137 g/mol. The smallest absolute Gasteiger partial charge is 0.0855 e. The van der Waals surface area contributed by atoms with E-state index in [2.05, 4.69) is 4.98 Å². The summed E-state index contributed by atoms with van der Waals surface area (Å²) in [7, 11) is 0. The number of rotatable bonds is 1. The van der Waals surface area contributed by atoms with Crippen LogP contribution >= 0.6 is 0 Å². The quantitative estimate of drug-likeness (QED) is 0.633. The normalized spacial score (nSPS) is 11.5. The van der Waals surface area contributed by atoms with Gasteiger partial charge in [0, 0.05) is 18.0 Å². The molecule has 0 aliphatic heterocycles. The maximum Gasteiger partial charge on any atom is 0.0855 e. The van der Waals surface area contributed by atoms with Gasteiger partial charge >= 0.3 is 0 Å². The SMILES string of the molecule is CC(C)(O)c1cccnc1. The van der Waals surface area contributed by atoms with E-state index in [4.69, 9.17) is 0 Å². The summed E-state index contributed by atoms with van der Waals surface area (Å²) in [6, 6.07) is 3.67. The summed E-state index contributed by atoms with van der Waals surface area (Å²) >= 11 is 0. The summed E-state index contributed by atoms with van der Waals surface area (Å²) in [6.45, 7) is 3.48. The molecule has 1 heterocycles. The van der Waals surface area contributed by atoms with Crippen molar-refractivity contribution in [3.05, 3.63) is 30.1 Å². The van der Waals surface area contributed by atoms with Gasteiger partial charge in [0.25, 0.3) is 0 Å². The molecule has 1 aromatic rings. The topological polar surface area (TPSA) is 33.1 Å². The molecule has 0 fully saturated rings. The Hall–Kier alpha value is -0.890. The summed E-state index contributed by atoms with van der Waals surface area (Å²) in [5.41, 5.74) is 0.0730. The fraction of sp³-hybridized carbons (Fsp3) is 0.375. The first-order valence-corrected chi connectivity index (χ1v) is 3.23. The van der Waals surface area contributed by atoms with Crippen LogP contribution in [0.4, 0.5) is 0 Å². The Morgan fingerprint density at radius 2 is 2.20 bits per heavy atom. The van der Waals surface area contributed by atoms with Crippen LogP contribution in [-0.2, 0) is 5.60 Å². The van der Waals surface area contributed by atoms with Crippen LogP contribution in [0.5, 0.6) is 0 Å². The van der Waals surface area contributed by atoms with Gasteiger partial charge in [-0.15, -0.1) is 0 Å². The summed E-state index contributed by atoms with van der Waals surface area (Å²) in [5, 5.41) is 9.45. The molecule has 0 radical (unpaired) electrons. The molecule has 0 saturated carbocycles. The van der Waals surface area contributed by atoms with Crippen LogP contribution < -0.4 is 0 Å². The number of aliphatic hydroxyl groups is 1. The Morgan fingerprint density at radius 1 is 1.50 bits per heavy atom. The number of pyridine rings is 1. The van der Waals surface area contributed by atoms with Crippen molar-refractivity contribution in [2.24, 2.45) is 0 Å². The van der Waals surface area contributed by atoms with Crippen LogP contribution in [0.2, 0.25) is 0 Å². The number of hydrogen-bond donors (Lipinski definition) is 1. The number of hydrogen-bond acceptors (Lipinski definition) is 2. The van der Waals surface area contributed by atoms with E-state index in [9.17, 15) is 5.11 Å². The second-order valence-electron chi connectivity index (χ2n) is 2.80. The van der Waals surface area contributed by atoms with Gasteiger partial charge in [0.05, 0.1) is 5.60 Å². The van der Waals surface area contributed by atoms with Crippen LogP contribution in [0.1, 0.15) is 19.4 Å². The summed E-state index contributed by atoms with van der Waals surface area (Å²) < 4.78 is 0. The van der Waals surface area contributed by atoms with Gasteiger partial charge in [-0.05, 0) is 19.9 Å². The molecule has 1 N–H and O–H groups in total. The minimum atomic E-state index is -0.770. The minimum Gasteiger partial charge on any atom is -0.386 e. The predicted molar refractivity (Wildman–Crippen MR) is 39.5 cm³/mol. The molecule has 0 saturated heterocycles. The zero-order valence-corrected chi connectivity index (χ0v) is 6.20. The largest absolute Gasteiger partial charge is 0.386 e. The van der Waals surface area contributed by atoms with Crippen LogP contribution in [0, 0.1) is 0 Å². The standard InChI is InChI=1S/C8H11NO/c1-8(2,10)7-4-3-5-9-6-7/h3-6,10H,1-2H3. The minimum absolute atomic E-state index is 0.770. The fourth-order valence-corrected chi connectivity index (χ4v) is 0.725. The van der Waals surface area contributed by atoms with Crippen LogP contribution in [0.3, 0.4) is 0 Å².